The summed E-state index contributed by atoms with van der Waals surface area (Å²) >= 11 is 6.14. The molecule has 0 aliphatic carbocycles. The van der Waals surface area contributed by atoms with Crippen LogP contribution in [0.2, 0.25) is 5.02 Å². The van der Waals surface area contributed by atoms with Gasteiger partial charge in [0.1, 0.15) is 17.1 Å². The summed E-state index contributed by atoms with van der Waals surface area (Å²) in [6, 6.07) is 9.46. The van der Waals surface area contributed by atoms with Crippen molar-refractivity contribution in [3.05, 3.63) is 52.5 Å². The van der Waals surface area contributed by atoms with Gasteiger partial charge in [-0.05, 0) is 30.3 Å². The summed E-state index contributed by atoms with van der Waals surface area (Å²) in [5.74, 6) is -0.0424. The van der Waals surface area contributed by atoms with Crippen LogP contribution in [-0.4, -0.2) is 33.2 Å². The summed E-state index contributed by atoms with van der Waals surface area (Å²) in [6.45, 7) is 0. The Balaban J connectivity index is 2.28. The Hall–Kier alpha value is -2.73. The number of ether oxygens (including phenoxy) is 3. The van der Waals surface area contributed by atoms with Crippen LogP contribution in [-0.2, 0) is 4.74 Å². The molecule has 1 N–H and O–H groups in total. The monoisotopic (exact) mass is 349 g/mol. The maximum atomic E-state index is 12.3. The molecule has 0 fully saturated rings. The van der Waals surface area contributed by atoms with Gasteiger partial charge in [-0.1, -0.05) is 11.6 Å². The van der Waals surface area contributed by atoms with E-state index in [9.17, 15) is 9.59 Å². The van der Waals surface area contributed by atoms with E-state index in [1.54, 1.807) is 31.4 Å². The fraction of sp³-hybridized carbons (Fsp3) is 0.176. The number of hydrogen-bond donors (Lipinski definition) is 1. The van der Waals surface area contributed by atoms with E-state index in [-0.39, 0.29) is 22.2 Å². The Morgan fingerprint density at radius 3 is 2.21 bits per heavy atom. The number of carbonyl (C=O) groups is 2. The van der Waals surface area contributed by atoms with Gasteiger partial charge in [-0.2, -0.15) is 0 Å². The molecule has 0 bridgehead atoms. The van der Waals surface area contributed by atoms with Crippen LogP contribution in [0.3, 0.4) is 0 Å². The molecule has 0 unspecified atom stereocenters. The van der Waals surface area contributed by atoms with Crippen molar-refractivity contribution in [2.24, 2.45) is 0 Å². The molecule has 1 amide bonds. The fourth-order valence-corrected chi connectivity index (χ4v) is 2.24. The number of nitrogens with one attached hydrogen (secondary N) is 1. The standard InChI is InChI=1S/C17H16ClNO5/c1-22-11-6-4-10(5-7-11)16(20)19-14-9-15(23-2)12(8-13(14)18)17(21)24-3/h4-9H,1-3H3,(H,19,20). The molecule has 0 spiro atoms. The van der Waals surface area contributed by atoms with Gasteiger partial charge >= 0.3 is 5.97 Å². The summed E-state index contributed by atoms with van der Waals surface area (Å²) in [6.07, 6.45) is 0. The molecule has 2 aromatic rings. The van der Waals surface area contributed by atoms with Crippen molar-refractivity contribution in [3.8, 4) is 11.5 Å². The van der Waals surface area contributed by atoms with Crippen molar-refractivity contribution in [1.82, 2.24) is 0 Å². The highest BCUT2D eigenvalue weighted by molar-refractivity contribution is 6.34. The van der Waals surface area contributed by atoms with Gasteiger partial charge < -0.3 is 19.5 Å². The predicted octanol–water partition coefficient (Wildman–Crippen LogP) is 3.40. The zero-order chi connectivity index (χ0) is 17.7. The van der Waals surface area contributed by atoms with Crippen molar-refractivity contribution in [3.63, 3.8) is 0 Å². The molecular formula is C17H16ClNO5. The molecule has 0 heterocycles. The highest BCUT2D eigenvalue weighted by atomic mass is 35.5. The van der Waals surface area contributed by atoms with Crippen molar-refractivity contribution >= 4 is 29.2 Å². The van der Waals surface area contributed by atoms with Crippen LogP contribution < -0.4 is 14.8 Å². The number of benzene rings is 2. The molecule has 126 valence electrons. The minimum absolute atomic E-state index is 0.174. The van der Waals surface area contributed by atoms with Gasteiger partial charge in [-0.25, -0.2) is 4.79 Å². The summed E-state index contributed by atoms with van der Waals surface area (Å²) in [7, 11) is 4.21. The second-order valence-corrected chi connectivity index (χ2v) is 5.11. The molecule has 7 heteroatoms. The average Bonchev–Trinajstić information content (AvgIpc) is 2.62. The number of amides is 1. The second kappa shape index (κ2) is 7.70. The molecule has 6 nitrogen and oxygen atoms in total. The lowest BCUT2D eigenvalue weighted by atomic mass is 10.1. The first-order chi connectivity index (χ1) is 11.5. The number of carbonyl (C=O) groups excluding carboxylic acids is 2. The minimum Gasteiger partial charge on any atom is -0.497 e. The quantitative estimate of drug-likeness (QED) is 0.837. The van der Waals surface area contributed by atoms with Gasteiger partial charge in [-0.3, -0.25) is 4.79 Å². The topological polar surface area (TPSA) is 73.9 Å². The van der Waals surface area contributed by atoms with Gasteiger partial charge in [0.05, 0.1) is 32.0 Å². The lowest BCUT2D eigenvalue weighted by Gasteiger charge is -2.12. The van der Waals surface area contributed by atoms with E-state index in [4.69, 9.17) is 21.1 Å². The van der Waals surface area contributed by atoms with E-state index in [1.165, 1.54) is 26.4 Å². The van der Waals surface area contributed by atoms with Crippen molar-refractivity contribution < 1.29 is 23.8 Å². The number of halogens is 1. The van der Waals surface area contributed by atoms with Crippen molar-refractivity contribution in [1.29, 1.82) is 0 Å². The van der Waals surface area contributed by atoms with Crippen LogP contribution in [0.1, 0.15) is 20.7 Å². The molecule has 2 rings (SSSR count). The average molecular weight is 350 g/mol. The first-order valence-corrected chi connectivity index (χ1v) is 7.29. The predicted molar refractivity (Wildman–Crippen MR) is 90.3 cm³/mol. The fourth-order valence-electron chi connectivity index (χ4n) is 2.02. The van der Waals surface area contributed by atoms with E-state index in [0.717, 1.165) is 0 Å². The molecule has 0 saturated carbocycles. The van der Waals surface area contributed by atoms with Gasteiger partial charge in [0.2, 0.25) is 0 Å². The third-order valence-corrected chi connectivity index (χ3v) is 3.61. The Morgan fingerprint density at radius 2 is 1.67 bits per heavy atom. The number of rotatable bonds is 5. The van der Waals surface area contributed by atoms with Crippen molar-refractivity contribution in [2.75, 3.05) is 26.6 Å². The summed E-state index contributed by atoms with van der Waals surface area (Å²) < 4.78 is 14.9. The summed E-state index contributed by atoms with van der Waals surface area (Å²) in [5.41, 5.74) is 0.928. The number of methoxy groups -OCH3 is 3. The van der Waals surface area contributed by atoms with Gasteiger partial charge in [0.25, 0.3) is 5.91 Å². The largest absolute Gasteiger partial charge is 0.497 e. The molecule has 0 radical (unpaired) electrons. The molecule has 0 aliphatic rings. The van der Waals surface area contributed by atoms with Gasteiger partial charge in [0.15, 0.2) is 0 Å². The molecule has 2 aromatic carbocycles. The second-order valence-electron chi connectivity index (χ2n) is 4.71. The Kier molecular flexibility index (Phi) is 5.65. The van der Waals surface area contributed by atoms with Crippen LogP contribution in [0.4, 0.5) is 5.69 Å². The molecule has 0 saturated heterocycles. The van der Waals surface area contributed by atoms with Crippen LogP contribution in [0, 0.1) is 0 Å². The molecule has 0 aliphatic heterocycles. The van der Waals surface area contributed by atoms with Crippen LogP contribution >= 0.6 is 11.6 Å². The molecular weight excluding hydrogens is 334 g/mol. The van der Waals surface area contributed by atoms with Crippen molar-refractivity contribution in [2.45, 2.75) is 0 Å². The highest BCUT2D eigenvalue weighted by Crippen LogP contribution is 2.31. The zero-order valence-corrected chi connectivity index (χ0v) is 14.1. The lowest BCUT2D eigenvalue weighted by Crippen LogP contribution is -2.13. The number of esters is 1. The first kappa shape index (κ1) is 17.6. The smallest absolute Gasteiger partial charge is 0.341 e. The Labute approximate surface area is 144 Å². The highest BCUT2D eigenvalue weighted by Gasteiger charge is 2.18. The molecule has 24 heavy (non-hydrogen) atoms. The number of anilines is 1. The van der Waals surface area contributed by atoms with E-state index in [2.05, 4.69) is 10.1 Å². The van der Waals surface area contributed by atoms with Crippen LogP contribution in [0.15, 0.2) is 36.4 Å². The minimum atomic E-state index is -0.582. The maximum absolute atomic E-state index is 12.3. The molecule has 0 aromatic heterocycles. The third-order valence-electron chi connectivity index (χ3n) is 3.29. The Bertz CT molecular complexity index is 758. The lowest BCUT2D eigenvalue weighted by molar-refractivity contribution is 0.0597. The van der Waals surface area contributed by atoms with Crippen LogP contribution in [0.5, 0.6) is 11.5 Å². The zero-order valence-electron chi connectivity index (χ0n) is 13.4. The van der Waals surface area contributed by atoms with Crippen LogP contribution in [0.25, 0.3) is 0 Å². The molecule has 0 atom stereocenters. The van der Waals surface area contributed by atoms with Gasteiger partial charge in [0, 0.05) is 11.6 Å². The third kappa shape index (κ3) is 3.78. The van der Waals surface area contributed by atoms with E-state index < -0.39 is 5.97 Å². The van der Waals surface area contributed by atoms with Gasteiger partial charge in [-0.15, -0.1) is 0 Å². The van der Waals surface area contributed by atoms with E-state index in [1.807, 2.05) is 0 Å². The summed E-state index contributed by atoms with van der Waals surface area (Å²) in [4.78, 5) is 24.0. The first-order valence-electron chi connectivity index (χ1n) is 6.91. The normalized spacial score (nSPS) is 10.0. The number of hydrogen-bond acceptors (Lipinski definition) is 5. The Morgan fingerprint density at radius 1 is 1.00 bits per heavy atom. The maximum Gasteiger partial charge on any atom is 0.341 e. The van der Waals surface area contributed by atoms with E-state index >= 15 is 0 Å². The summed E-state index contributed by atoms with van der Waals surface area (Å²) in [5, 5.41) is 2.87. The SMILES string of the molecule is COC(=O)c1cc(Cl)c(NC(=O)c2ccc(OC)cc2)cc1OC. The van der Waals surface area contributed by atoms with E-state index in [0.29, 0.717) is 17.0 Å².